The van der Waals surface area contributed by atoms with Crippen LogP contribution in [0.1, 0.15) is 19.3 Å². The second-order valence-electron chi connectivity index (χ2n) is 3.49. The van der Waals surface area contributed by atoms with Gasteiger partial charge in [0, 0.05) is 19.4 Å². The zero-order valence-electron chi connectivity index (χ0n) is 6.97. The van der Waals surface area contributed by atoms with E-state index in [1.807, 2.05) is 0 Å². The van der Waals surface area contributed by atoms with Crippen molar-refractivity contribution in [3.63, 3.8) is 0 Å². The molecule has 2 N–H and O–H groups in total. The van der Waals surface area contributed by atoms with Crippen molar-refractivity contribution in [3.8, 4) is 0 Å². The Morgan fingerprint density at radius 1 is 1.00 bits per heavy atom. The highest BCUT2D eigenvalue weighted by Crippen LogP contribution is 2.14. The van der Waals surface area contributed by atoms with Gasteiger partial charge >= 0.3 is 0 Å². The second-order valence-corrected chi connectivity index (χ2v) is 3.49. The molecule has 2 heterocycles. The van der Waals surface area contributed by atoms with Gasteiger partial charge in [0.25, 0.3) is 0 Å². The molecule has 1 unspecified atom stereocenters. The van der Waals surface area contributed by atoms with E-state index < -0.39 is 0 Å². The number of nitrogens with one attached hydrogen (secondary N) is 2. The molecule has 2 fully saturated rings. The number of hydrogen-bond donors (Lipinski definition) is 2. The third-order valence-corrected chi connectivity index (χ3v) is 2.69. The maximum Gasteiger partial charge on any atom is 0.0495 e. The average molecular weight is 155 g/mol. The third-order valence-electron chi connectivity index (χ3n) is 2.69. The highest BCUT2D eigenvalue weighted by Gasteiger charge is 2.22. The van der Waals surface area contributed by atoms with Crippen LogP contribution >= 0.6 is 0 Å². The Labute approximate surface area is 68.1 Å². The topological polar surface area (TPSA) is 27.3 Å². The predicted octanol–water partition coefficient (Wildman–Crippen LogP) is -0.0513. The van der Waals surface area contributed by atoms with Crippen LogP contribution in [0.4, 0.5) is 0 Å². The Morgan fingerprint density at radius 2 is 1.82 bits per heavy atom. The van der Waals surface area contributed by atoms with E-state index in [4.69, 9.17) is 0 Å². The smallest absolute Gasteiger partial charge is 0.0495 e. The summed E-state index contributed by atoms with van der Waals surface area (Å²) in [5.74, 6) is 0. The summed E-state index contributed by atoms with van der Waals surface area (Å²) in [6.45, 7) is 4.57. The molecule has 0 aromatic rings. The maximum atomic E-state index is 3.43. The molecule has 2 aliphatic rings. The lowest BCUT2D eigenvalue weighted by molar-refractivity contribution is 0.136. The monoisotopic (exact) mass is 155 g/mol. The Morgan fingerprint density at radius 3 is 2.73 bits per heavy atom. The molecule has 0 saturated carbocycles. The van der Waals surface area contributed by atoms with Gasteiger partial charge in [-0.05, 0) is 32.4 Å². The molecule has 1 atom stereocenters. The summed E-state index contributed by atoms with van der Waals surface area (Å²) in [7, 11) is 0. The van der Waals surface area contributed by atoms with Gasteiger partial charge in [0.1, 0.15) is 0 Å². The van der Waals surface area contributed by atoms with Gasteiger partial charge < -0.3 is 10.6 Å². The minimum Gasteiger partial charge on any atom is -0.304 e. The van der Waals surface area contributed by atoms with Gasteiger partial charge in [-0.2, -0.15) is 0 Å². The van der Waals surface area contributed by atoms with Crippen molar-refractivity contribution >= 4 is 0 Å². The van der Waals surface area contributed by atoms with Gasteiger partial charge in [0.2, 0.25) is 0 Å². The lowest BCUT2D eigenvalue weighted by Crippen LogP contribution is -2.50. The normalized spacial score (nSPS) is 34.4. The number of fused-ring (bicyclic) bond motifs is 1. The maximum absolute atomic E-state index is 3.43. The van der Waals surface area contributed by atoms with Crippen molar-refractivity contribution in [2.75, 3.05) is 26.4 Å². The Hall–Kier alpha value is -0.120. The van der Waals surface area contributed by atoms with Crippen molar-refractivity contribution in [2.45, 2.75) is 25.3 Å². The molecule has 0 radical (unpaired) electrons. The molecular weight excluding hydrogens is 138 g/mol. The molecule has 0 aromatic carbocycles. The second kappa shape index (κ2) is 3.52. The van der Waals surface area contributed by atoms with Gasteiger partial charge in [-0.3, -0.25) is 4.90 Å². The molecule has 11 heavy (non-hydrogen) atoms. The number of hydrogen-bond acceptors (Lipinski definition) is 3. The van der Waals surface area contributed by atoms with Crippen molar-refractivity contribution in [1.82, 2.24) is 15.5 Å². The largest absolute Gasteiger partial charge is 0.304 e. The lowest BCUT2D eigenvalue weighted by atomic mass is 10.1. The third kappa shape index (κ3) is 1.72. The van der Waals surface area contributed by atoms with Crippen molar-refractivity contribution in [3.05, 3.63) is 0 Å². The zero-order valence-corrected chi connectivity index (χ0v) is 6.97. The van der Waals surface area contributed by atoms with E-state index in [0.29, 0.717) is 0 Å². The molecule has 64 valence electrons. The zero-order chi connectivity index (χ0) is 7.52. The van der Waals surface area contributed by atoms with Crippen LogP contribution in [0.2, 0.25) is 0 Å². The molecule has 3 heteroatoms. The first-order valence-corrected chi connectivity index (χ1v) is 4.62. The quantitative estimate of drug-likeness (QED) is 0.513. The highest BCUT2D eigenvalue weighted by molar-refractivity contribution is 4.78. The van der Waals surface area contributed by atoms with Crippen molar-refractivity contribution in [1.29, 1.82) is 0 Å². The predicted molar refractivity (Wildman–Crippen MR) is 45.2 cm³/mol. The van der Waals surface area contributed by atoms with Crippen LogP contribution in [0.3, 0.4) is 0 Å². The van der Waals surface area contributed by atoms with Crippen LogP contribution in [0.25, 0.3) is 0 Å². The summed E-state index contributed by atoms with van der Waals surface area (Å²) in [5.41, 5.74) is 0. The van der Waals surface area contributed by atoms with E-state index in [-0.39, 0.29) is 0 Å². The number of nitrogens with zero attached hydrogens (tertiary/aromatic N) is 1. The Balaban J connectivity index is 1.93. The van der Waals surface area contributed by atoms with Gasteiger partial charge in [-0.25, -0.2) is 0 Å². The summed E-state index contributed by atoms with van der Waals surface area (Å²) in [6, 6.07) is 0.853. The first-order valence-electron chi connectivity index (χ1n) is 4.62. The van der Waals surface area contributed by atoms with E-state index >= 15 is 0 Å². The Kier molecular flexibility index (Phi) is 2.41. The van der Waals surface area contributed by atoms with Crippen LogP contribution in [0.15, 0.2) is 0 Å². The van der Waals surface area contributed by atoms with E-state index in [0.717, 1.165) is 19.4 Å². The van der Waals surface area contributed by atoms with Crippen molar-refractivity contribution < 1.29 is 0 Å². The molecule has 0 aromatic heterocycles. The first-order chi connectivity index (χ1) is 5.47. The minimum absolute atomic E-state index is 0.853. The van der Waals surface area contributed by atoms with Gasteiger partial charge in [-0.1, -0.05) is 0 Å². The van der Waals surface area contributed by atoms with Gasteiger partial charge in [0.05, 0.1) is 0 Å². The van der Waals surface area contributed by atoms with Crippen LogP contribution in [-0.4, -0.2) is 37.4 Å². The average Bonchev–Trinajstić information content (AvgIpc) is 2.28. The summed E-state index contributed by atoms with van der Waals surface area (Å²) in [4.78, 5) is 2.51. The minimum atomic E-state index is 0.853. The van der Waals surface area contributed by atoms with Crippen molar-refractivity contribution in [2.24, 2.45) is 0 Å². The molecule has 0 amide bonds. The standard InChI is InChI=1S/C8H17N3/c1-2-8-3-5-10-7-11(8)6-9-4-1/h8-10H,1-7H2. The summed E-state index contributed by atoms with van der Waals surface area (Å²) < 4.78 is 0. The number of rotatable bonds is 0. The molecule has 0 bridgehead atoms. The summed E-state index contributed by atoms with van der Waals surface area (Å²) >= 11 is 0. The van der Waals surface area contributed by atoms with E-state index in [2.05, 4.69) is 15.5 Å². The molecule has 0 spiro atoms. The fraction of sp³-hybridized carbons (Fsp3) is 1.00. The Bertz CT molecular complexity index is 113. The lowest BCUT2D eigenvalue weighted by Gasteiger charge is -2.34. The SMILES string of the molecule is C1CNCN2CNCCC2C1. The molecule has 2 saturated heterocycles. The van der Waals surface area contributed by atoms with Crippen LogP contribution in [0.5, 0.6) is 0 Å². The van der Waals surface area contributed by atoms with Crippen LogP contribution in [-0.2, 0) is 0 Å². The van der Waals surface area contributed by atoms with Crippen LogP contribution < -0.4 is 10.6 Å². The highest BCUT2D eigenvalue weighted by atomic mass is 15.3. The van der Waals surface area contributed by atoms with E-state index in [1.54, 1.807) is 0 Å². The van der Waals surface area contributed by atoms with E-state index in [1.165, 1.54) is 32.4 Å². The summed E-state index contributed by atoms with van der Waals surface area (Å²) in [6.07, 6.45) is 4.07. The molecular formula is C8H17N3. The van der Waals surface area contributed by atoms with E-state index in [9.17, 15) is 0 Å². The van der Waals surface area contributed by atoms with Gasteiger partial charge in [-0.15, -0.1) is 0 Å². The molecule has 2 aliphatic heterocycles. The molecule has 0 aliphatic carbocycles. The molecule has 3 nitrogen and oxygen atoms in total. The summed E-state index contributed by atoms with van der Waals surface area (Å²) in [5, 5.41) is 6.83. The first kappa shape index (κ1) is 7.53. The fourth-order valence-corrected chi connectivity index (χ4v) is 2.00. The molecule has 2 rings (SSSR count). The fourth-order valence-electron chi connectivity index (χ4n) is 2.00. The van der Waals surface area contributed by atoms with Crippen LogP contribution in [0, 0.1) is 0 Å². The van der Waals surface area contributed by atoms with Gasteiger partial charge in [0.15, 0.2) is 0 Å².